The molecular formula is C13H12BrFN2S. The van der Waals surface area contributed by atoms with E-state index in [-0.39, 0.29) is 5.82 Å². The van der Waals surface area contributed by atoms with Gasteiger partial charge in [-0.3, -0.25) is 0 Å². The van der Waals surface area contributed by atoms with Crippen LogP contribution in [0.3, 0.4) is 0 Å². The maximum absolute atomic E-state index is 12.9. The van der Waals surface area contributed by atoms with Crippen molar-refractivity contribution >= 4 is 28.1 Å². The van der Waals surface area contributed by atoms with E-state index in [2.05, 4.69) is 32.8 Å². The van der Waals surface area contributed by atoms with Gasteiger partial charge in [-0.1, -0.05) is 25.6 Å². The quantitative estimate of drug-likeness (QED) is 0.831. The summed E-state index contributed by atoms with van der Waals surface area (Å²) in [5, 5.41) is 0. The molecule has 0 atom stereocenters. The lowest BCUT2D eigenvalue weighted by Crippen LogP contribution is -1.98. The van der Waals surface area contributed by atoms with Gasteiger partial charge in [-0.2, -0.15) is 0 Å². The summed E-state index contributed by atoms with van der Waals surface area (Å²) in [6, 6.07) is 6.20. The molecule has 94 valence electrons. The largest absolute Gasteiger partial charge is 0.342 e. The molecule has 0 aliphatic rings. The van der Waals surface area contributed by atoms with Crippen molar-refractivity contribution in [3.63, 3.8) is 0 Å². The predicted molar refractivity (Wildman–Crippen MR) is 76.5 cm³/mol. The smallest absolute Gasteiger partial charge is 0.144 e. The Bertz CT molecular complexity index is 607. The lowest BCUT2D eigenvalue weighted by atomic mass is 10.2. The van der Waals surface area contributed by atoms with Crippen LogP contribution in [0.2, 0.25) is 0 Å². The topological polar surface area (TPSA) is 28.7 Å². The number of H-pyrrole nitrogens is 1. The lowest BCUT2D eigenvalue weighted by molar-refractivity contribution is 0.628. The molecule has 1 heterocycles. The van der Waals surface area contributed by atoms with Crippen LogP contribution < -0.4 is 0 Å². The Morgan fingerprint density at radius 3 is 2.61 bits per heavy atom. The molecule has 0 radical (unpaired) electrons. The average molecular weight is 327 g/mol. The van der Waals surface area contributed by atoms with Crippen LogP contribution in [0.25, 0.3) is 11.4 Å². The SMILES string of the molecule is CCCc1[nH]c(-c2ccc(F)cc2)nc(=S)c1Br. The molecule has 0 fully saturated rings. The molecule has 0 spiro atoms. The number of nitrogens with one attached hydrogen (secondary N) is 1. The molecule has 0 saturated carbocycles. The second-order valence-electron chi connectivity index (χ2n) is 3.94. The molecule has 0 bridgehead atoms. The molecule has 1 aromatic carbocycles. The molecule has 1 aromatic heterocycles. The van der Waals surface area contributed by atoms with Gasteiger partial charge in [0.15, 0.2) is 0 Å². The van der Waals surface area contributed by atoms with Gasteiger partial charge in [0.2, 0.25) is 0 Å². The minimum atomic E-state index is -0.261. The molecule has 18 heavy (non-hydrogen) atoms. The summed E-state index contributed by atoms with van der Waals surface area (Å²) in [6.45, 7) is 2.10. The molecule has 1 N–H and O–H groups in total. The fourth-order valence-corrected chi connectivity index (χ4v) is 2.27. The van der Waals surface area contributed by atoms with Crippen molar-refractivity contribution < 1.29 is 4.39 Å². The summed E-state index contributed by atoms with van der Waals surface area (Å²) < 4.78 is 14.2. The van der Waals surface area contributed by atoms with E-state index in [1.807, 2.05) is 0 Å². The van der Waals surface area contributed by atoms with Gasteiger partial charge in [0.1, 0.15) is 16.3 Å². The van der Waals surface area contributed by atoms with Crippen LogP contribution in [0.1, 0.15) is 19.0 Å². The van der Waals surface area contributed by atoms with E-state index in [1.54, 1.807) is 12.1 Å². The molecule has 2 aromatic rings. The zero-order valence-electron chi connectivity index (χ0n) is 9.84. The third-order valence-corrected chi connectivity index (χ3v) is 3.97. The highest BCUT2D eigenvalue weighted by Gasteiger charge is 2.07. The number of hydrogen-bond donors (Lipinski definition) is 1. The lowest BCUT2D eigenvalue weighted by Gasteiger charge is -2.07. The Morgan fingerprint density at radius 1 is 1.33 bits per heavy atom. The van der Waals surface area contributed by atoms with Crippen molar-refractivity contribution in [1.82, 2.24) is 9.97 Å². The maximum Gasteiger partial charge on any atom is 0.144 e. The van der Waals surface area contributed by atoms with Gasteiger partial charge in [-0.25, -0.2) is 9.37 Å². The number of aromatic amines is 1. The summed E-state index contributed by atoms with van der Waals surface area (Å²) in [6.07, 6.45) is 1.90. The average Bonchev–Trinajstić information content (AvgIpc) is 2.36. The van der Waals surface area contributed by atoms with Crippen molar-refractivity contribution in [3.8, 4) is 11.4 Å². The van der Waals surface area contributed by atoms with Gasteiger partial charge < -0.3 is 4.98 Å². The fraction of sp³-hybridized carbons (Fsp3) is 0.231. The molecule has 5 heteroatoms. The van der Waals surface area contributed by atoms with Gasteiger partial charge in [0, 0.05) is 11.3 Å². The van der Waals surface area contributed by atoms with Crippen molar-refractivity contribution in [2.45, 2.75) is 19.8 Å². The van der Waals surface area contributed by atoms with Crippen LogP contribution in [-0.2, 0) is 6.42 Å². The molecular weight excluding hydrogens is 315 g/mol. The van der Waals surface area contributed by atoms with Gasteiger partial charge in [0.05, 0.1) is 4.47 Å². The Hall–Kier alpha value is -1.07. The summed E-state index contributed by atoms with van der Waals surface area (Å²) >= 11 is 8.66. The van der Waals surface area contributed by atoms with Crippen LogP contribution in [0.4, 0.5) is 4.39 Å². The van der Waals surface area contributed by atoms with E-state index in [9.17, 15) is 4.39 Å². The molecule has 0 amide bonds. The summed E-state index contributed by atoms with van der Waals surface area (Å²) in [5.74, 6) is 0.412. The summed E-state index contributed by atoms with van der Waals surface area (Å²) in [5.41, 5.74) is 1.85. The maximum atomic E-state index is 12.9. The van der Waals surface area contributed by atoms with E-state index in [1.165, 1.54) is 12.1 Å². The van der Waals surface area contributed by atoms with E-state index in [0.717, 1.165) is 28.6 Å². The molecule has 2 rings (SSSR count). The first-order valence-electron chi connectivity index (χ1n) is 5.66. The van der Waals surface area contributed by atoms with E-state index >= 15 is 0 Å². The molecule has 2 nitrogen and oxygen atoms in total. The van der Waals surface area contributed by atoms with Crippen LogP contribution in [0.15, 0.2) is 28.7 Å². The minimum Gasteiger partial charge on any atom is -0.342 e. The number of benzene rings is 1. The van der Waals surface area contributed by atoms with E-state index in [0.29, 0.717) is 10.5 Å². The fourth-order valence-electron chi connectivity index (χ4n) is 1.67. The number of halogens is 2. The highest BCUT2D eigenvalue weighted by molar-refractivity contribution is 9.10. The first-order chi connectivity index (χ1) is 8.61. The summed E-state index contributed by atoms with van der Waals surface area (Å²) in [4.78, 5) is 7.55. The zero-order chi connectivity index (χ0) is 13.1. The monoisotopic (exact) mass is 326 g/mol. The molecule has 0 saturated heterocycles. The van der Waals surface area contributed by atoms with Crippen molar-refractivity contribution in [2.24, 2.45) is 0 Å². The Balaban J connectivity index is 2.51. The van der Waals surface area contributed by atoms with Gasteiger partial charge >= 0.3 is 0 Å². The number of aryl methyl sites for hydroxylation is 1. The number of hydrogen-bond acceptors (Lipinski definition) is 2. The predicted octanol–water partition coefficient (Wildman–Crippen LogP) is 4.66. The van der Waals surface area contributed by atoms with Gasteiger partial charge in [0.25, 0.3) is 0 Å². The minimum absolute atomic E-state index is 0.261. The van der Waals surface area contributed by atoms with Crippen molar-refractivity contribution in [3.05, 3.63) is 44.9 Å². The third-order valence-electron chi connectivity index (χ3n) is 2.55. The standard InChI is InChI=1S/C13H12BrFN2S/c1-2-3-10-11(14)13(18)17-12(16-10)8-4-6-9(15)7-5-8/h4-7H,2-3H2,1H3,(H,16,17,18). The second kappa shape index (κ2) is 5.71. The highest BCUT2D eigenvalue weighted by Crippen LogP contribution is 2.22. The van der Waals surface area contributed by atoms with Crippen LogP contribution in [0, 0.1) is 10.5 Å². The van der Waals surface area contributed by atoms with E-state index < -0.39 is 0 Å². The van der Waals surface area contributed by atoms with Gasteiger partial charge in [-0.05, 0) is 46.6 Å². The Morgan fingerprint density at radius 2 is 2.00 bits per heavy atom. The number of nitrogens with zero attached hydrogens (tertiary/aromatic N) is 1. The number of aromatic nitrogens is 2. The van der Waals surface area contributed by atoms with Gasteiger partial charge in [-0.15, -0.1) is 0 Å². The normalized spacial score (nSPS) is 10.6. The van der Waals surface area contributed by atoms with Crippen molar-refractivity contribution in [1.29, 1.82) is 0 Å². The number of rotatable bonds is 3. The molecule has 0 aliphatic heterocycles. The first kappa shape index (κ1) is 13.4. The Labute approximate surface area is 118 Å². The molecule has 0 unspecified atom stereocenters. The third kappa shape index (κ3) is 2.84. The first-order valence-corrected chi connectivity index (χ1v) is 6.86. The zero-order valence-corrected chi connectivity index (χ0v) is 12.2. The second-order valence-corrected chi connectivity index (χ2v) is 5.12. The highest BCUT2D eigenvalue weighted by atomic mass is 79.9. The summed E-state index contributed by atoms with van der Waals surface area (Å²) in [7, 11) is 0. The van der Waals surface area contributed by atoms with E-state index in [4.69, 9.17) is 12.2 Å². The Kier molecular flexibility index (Phi) is 4.24. The van der Waals surface area contributed by atoms with Crippen molar-refractivity contribution in [2.75, 3.05) is 0 Å². The molecule has 0 aliphatic carbocycles. The van der Waals surface area contributed by atoms with Crippen LogP contribution in [-0.4, -0.2) is 9.97 Å². The van der Waals surface area contributed by atoms with Crippen LogP contribution in [0.5, 0.6) is 0 Å². The van der Waals surface area contributed by atoms with Crippen LogP contribution >= 0.6 is 28.1 Å².